The summed E-state index contributed by atoms with van der Waals surface area (Å²) in [5.41, 5.74) is 15.5. The highest BCUT2D eigenvalue weighted by Crippen LogP contribution is 2.40. The van der Waals surface area contributed by atoms with Crippen LogP contribution in [0.2, 0.25) is 18.1 Å². The van der Waals surface area contributed by atoms with Gasteiger partial charge in [0.25, 0.3) is 0 Å². The summed E-state index contributed by atoms with van der Waals surface area (Å²) in [5, 5.41) is 24.7. The lowest BCUT2D eigenvalue weighted by molar-refractivity contribution is -0.0505. The summed E-state index contributed by atoms with van der Waals surface area (Å²) in [6, 6.07) is 44.1. The molecule has 7 nitrogen and oxygen atoms in total. The summed E-state index contributed by atoms with van der Waals surface area (Å²) in [7, 11) is -1.73. The molecule has 0 aliphatic carbocycles. The van der Waals surface area contributed by atoms with Crippen LogP contribution in [0.4, 0.5) is 17.6 Å². The SMILES string of the molecule is C.C.Cc1cc([C@@H](O)CN[C@H](Cc2ccccc2)c2ccc(OC(F)F)cc2)ccc1O.Cc1ccc([C@H](CBr)O[Si](C)(C)C(C)(C)C)cc1C.NC(Cc1ccccc1)c1ccc(OC(F)F)cc1. The average Bonchev–Trinajstić information content (AvgIpc) is 3.29. The van der Waals surface area contributed by atoms with Crippen LogP contribution in [0.3, 0.4) is 0 Å². The van der Waals surface area contributed by atoms with Gasteiger partial charge in [-0.05, 0) is 138 Å². The van der Waals surface area contributed by atoms with E-state index in [-0.39, 0.29) is 61.9 Å². The van der Waals surface area contributed by atoms with Crippen molar-refractivity contribution in [3.63, 3.8) is 0 Å². The monoisotopic (exact) mass is 1050 g/mol. The molecular weight excluding hydrogens is 977 g/mol. The molecule has 0 aromatic heterocycles. The molecule has 0 amide bonds. The fourth-order valence-electron chi connectivity index (χ4n) is 6.87. The number of aromatic hydroxyl groups is 1. The largest absolute Gasteiger partial charge is 0.508 e. The van der Waals surface area contributed by atoms with Gasteiger partial charge < -0.3 is 35.2 Å². The van der Waals surface area contributed by atoms with Crippen molar-refractivity contribution in [1.82, 2.24) is 5.32 Å². The number of rotatable bonds is 18. The van der Waals surface area contributed by atoms with Gasteiger partial charge in [0, 0.05) is 24.0 Å². The van der Waals surface area contributed by atoms with E-state index >= 15 is 0 Å². The van der Waals surface area contributed by atoms with E-state index < -0.39 is 27.6 Å². The molecule has 0 spiro atoms. The maximum Gasteiger partial charge on any atom is 0.387 e. The van der Waals surface area contributed by atoms with Gasteiger partial charge in [-0.25, -0.2) is 0 Å². The molecule has 1 unspecified atom stereocenters. The smallest absolute Gasteiger partial charge is 0.387 e. The zero-order valence-electron chi connectivity index (χ0n) is 40.2. The third-order valence-corrected chi connectivity index (χ3v) is 17.1. The Balaban J connectivity index is 0.000000370. The molecule has 6 rings (SSSR count). The van der Waals surface area contributed by atoms with Crippen molar-refractivity contribution >= 4 is 24.2 Å². The van der Waals surface area contributed by atoms with Crippen molar-refractivity contribution in [2.75, 3.05) is 11.9 Å². The molecule has 0 heterocycles. The second-order valence-corrected chi connectivity index (χ2v) is 23.7. The standard InChI is InChI=1S/C24H25F2NO3.C16H27BrOSi.C15H15F2NO.2CH4/c1-16-13-19(9-12-22(16)28)23(29)15-27-21(14-17-5-3-2-4-6-17)18-7-10-20(11-8-18)30-24(25)26;1-12-8-9-14(10-13(12)2)15(11-17)18-19(6,7)16(3,4)5;16-15(17)19-13-8-6-12(7-9-13)14(18)10-11-4-2-1-3-5-11;;/h2-13,21,23-24,27-29H,14-15H2,1H3;8-10,15H,11H2,1-7H3;1-9,14-15H,10,18H2;2*1H4/t21-,23+;15-;;;/m10.../s1. The molecule has 0 bridgehead atoms. The third kappa shape index (κ3) is 20.0. The Hall–Kier alpha value is -5.02. The molecule has 6 aromatic rings. The molecule has 6 aromatic carbocycles. The van der Waals surface area contributed by atoms with E-state index in [9.17, 15) is 27.8 Å². The summed E-state index contributed by atoms with van der Waals surface area (Å²) >= 11 is 3.61. The van der Waals surface area contributed by atoms with E-state index in [1.54, 1.807) is 49.4 Å². The van der Waals surface area contributed by atoms with Gasteiger partial charge in [-0.2, -0.15) is 17.6 Å². The van der Waals surface area contributed by atoms with Gasteiger partial charge in [0.05, 0.1) is 12.2 Å². The van der Waals surface area contributed by atoms with Crippen LogP contribution in [0.15, 0.2) is 146 Å². The Labute approximate surface area is 424 Å². The normalized spacial score (nSPS) is 13.0. The van der Waals surface area contributed by atoms with Gasteiger partial charge in [0.2, 0.25) is 0 Å². The lowest BCUT2D eigenvalue weighted by Gasteiger charge is -2.39. The van der Waals surface area contributed by atoms with E-state index in [4.69, 9.17) is 10.2 Å². The van der Waals surface area contributed by atoms with E-state index in [0.29, 0.717) is 24.0 Å². The lowest BCUT2D eigenvalue weighted by atomic mass is 9.98. The number of halogens is 5. The number of phenols is 1. The molecular formula is C57H75BrF4N2O5Si. The third-order valence-electron chi connectivity index (χ3n) is 12.1. The van der Waals surface area contributed by atoms with Crippen LogP contribution < -0.4 is 20.5 Å². The van der Waals surface area contributed by atoms with Crippen LogP contribution in [0.25, 0.3) is 0 Å². The van der Waals surface area contributed by atoms with Crippen LogP contribution in [-0.2, 0) is 17.3 Å². The van der Waals surface area contributed by atoms with Gasteiger partial charge in [-0.15, -0.1) is 0 Å². The van der Waals surface area contributed by atoms with Crippen LogP contribution in [0, 0.1) is 20.8 Å². The molecule has 0 saturated heterocycles. The predicted octanol–water partition coefficient (Wildman–Crippen LogP) is 15.5. The molecule has 382 valence electrons. The van der Waals surface area contributed by atoms with E-state index in [1.165, 1.54) is 41.0 Å². The number of hydrogen-bond donors (Lipinski definition) is 4. The van der Waals surface area contributed by atoms with Crippen molar-refractivity contribution in [2.45, 2.75) is 125 Å². The van der Waals surface area contributed by atoms with Crippen LogP contribution >= 0.6 is 15.9 Å². The lowest BCUT2D eigenvalue weighted by Crippen LogP contribution is -2.42. The van der Waals surface area contributed by atoms with Crippen LogP contribution in [0.1, 0.15) is 110 Å². The van der Waals surface area contributed by atoms with E-state index in [0.717, 1.165) is 27.6 Å². The number of hydrogen-bond acceptors (Lipinski definition) is 7. The Morgan fingerprint density at radius 2 is 1.07 bits per heavy atom. The van der Waals surface area contributed by atoms with Gasteiger partial charge in [-0.3, -0.25) is 0 Å². The highest BCUT2D eigenvalue weighted by atomic mass is 79.9. The summed E-state index contributed by atoms with van der Waals surface area (Å²) in [6.45, 7) is 12.2. The Morgan fingerprint density at radius 1 is 0.614 bits per heavy atom. The minimum atomic E-state index is -2.86. The minimum absolute atomic E-state index is 0. The van der Waals surface area contributed by atoms with Gasteiger partial charge in [0.15, 0.2) is 8.32 Å². The summed E-state index contributed by atoms with van der Waals surface area (Å²) < 4.78 is 64.1. The number of nitrogens with one attached hydrogen (secondary N) is 1. The number of aryl methyl sites for hydroxylation is 3. The molecule has 0 radical (unpaired) electrons. The maximum absolute atomic E-state index is 12.4. The van der Waals surface area contributed by atoms with E-state index in [2.05, 4.69) is 96.6 Å². The number of phenolic OH excluding ortho intramolecular Hbond substituents is 1. The first-order valence-corrected chi connectivity index (χ1v) is 26.6. The molecule has 0 aliphatic rings. The quantitative estimate of drug-likeness (QED) is 0.0386. The maximum atomic E-state index is 12.4. The van der Waals surface area contributed by atoms with Crippen molar-refractivity contribution in [2.24, 2.45) is 5.73 Å². The Bertz CT molecular complexity index is 2390. The molecule has 70 heavy (non-hydrogen) atoms. The first kappa shape index (κ1) is 61.1. The predicted molar refractivity (Wildman–Crippen MR) is 286 cm³/mol. The molecule has 5 N–H and O–H groups in total. The number of aliphatic hydroxyl groups is 1. The molecule has 4 atom stereocenters. The van der Waals surface area contributed by atoms with Crippen molar-refractivity contribution in [3.05, 3.63) is 196 Å². The van der Waals surface area contributed by atoms with Gasteiger partial charge >= 0.3 is 13.2 Å². The van der Waals surface area contributed by atoms with Crippen molar-refractivity contribution in [3.8, 4) is 17.2 Å². The summed E-state index contributed by atoms with van der Waals surface area (Å²) in [4.78, 5) is 0. The van der Waals surface area contributed by atoms with Crippen molar-refractivity contribution in [1.29, 1.82) is 0 Å². The zero-order chi connectivity index (χ0) is 50.0. The van der Waals surface area contributed by atoms with E-state index in [1.807, 2.05) is 60.7 Å². The molecule has 0 saturated carbocycles. The number of aliphatic hydroxyl groups excluding tert-OH is 1. The fourth-order valence-corrected chi connectivity index (χ4v) is 8.90. The number of nitrogens with two attached hydrogens (primary N) is 1. The minimum Gasteiger partial charge on any atom is -0.508 e. The fraction of sp³-hybridized carbons (Fsp3) is 0.368. The Kier molecular flexibility index (Phi) is 25.6. The summed E-state index contributed by atoms with van der Waals surface area (Å²) in [6.07, 6.45) is 0.761. The highest BCUT2D eigenvalue weighted by molar-refractivity contribution is 9.09. The molecule has 13 heteroatoms. The van der Waals surface area contributed by atoms with Gasteiger partial charge in [0.1, 0.15) is 17.2 Å². The number of benzene rings is 6. The first-order chi connectivity index (χ1) is 32.1. The van der Waals surface area contributed by atoms with Crippen LogP contribution in [0.5, 0.6) is 17.2 Å². The zero-order valence-corrected chi connectivity index (χ0v) is 42.8. The Morgan fingerprint density at radius 3 is 1.53 bits per heavy atom. The summed E-state index contributed by atoms with van der Waals surface area (Å²) in [5.74, 6) is 0.435. The first-order valence-electron chi connectivity index (χ1n) is 22.6. The second kappa shape index (κ2) is 29.4. The van der Waals surface area contributed by atoms with Crippen LogP contribution in [-0.4, -0.2) is 43.6 Å². The average molecular weight is 1050 g/mol. The molecule has 0 aliphatic heterocycles. The topological polar surface area (TPSA) is 106 Å². The number of ether oxygens (including phenoxy) is 2. The number of alkyl halides is 5. The van der Waals surface area contributed by atoms with Crippen molar-refractivity contribution < 1.29 is 41.7 Å². The highest BCUT2D eigenvalue weighted by Gasteiger charge is 2.39. The second-order valence-electron chi connectivity index (χ2n) is 18.3. The van der Waals surface area contributed by atoms with Gasteiger partial charge in [-0.1, -0.05) is 161 Å². The molecule has 0 fully saturated rings.